The second-order valence-electron chi connectivity index (χ2n) is 2.15. The molecule has 0 radical (unpaired) electrons. The first-order chi connectivity index (χ1) is 5.68. The summed E-state index contributed by atoms with van der Waals surface area (Å²) in [6, 6.07) is 0. The van der Waals surface area contributed by atoms with Gasteiger partial charge < -0.3 is 10.4 Å². The molecule has 1 heterocycles. The molecule has 1 amide bonds. The lowest BCUT2D eigenvalue weighted by Gasteiger charge is -1.99. The highest BCUT2D eigenvalue weighted by Gasteiger charge is 1.96. The van der Waals surface area contributed by atoms with Gasteiger partial charge >= 0.3 is 6.09 Å². The zero-order valence-corrected chi connectivity index (χ0v) is 7.78. The summed E-state index contributed by atoms with van der Waals surface area (Å²) < 4.78 is 2.54. The third-order valence-corrected chi connectivity index (χ3v) is 1.63. The molecule has 0 unspecified atom stereocenters. The summed E-state index contributed by atoms with van der Waals surface area (Å²) in [6.07, 6.45) is 2.42. The van der Waals surface area contributed by atoms with Gasteiger partial charge in [0.1, 0.15) is 0 Å². The summed E-state index contributed by atoms with van der Waals surface area (Å²) in [5.41, 5.74) is 0. The van der Waals surface area contributed by atoms with Crippen LogP contribution in [0.4, 0.5) is 4.79 Å². The molecule has 0 aliphatic rings. The van der Waals surface area contributed by atoms with E-state index in [0.717, 1.165) is 4.47 Å². The monoisotopic (exact) mass is 233 g/mol. The van der Waals surface area contributed by atoms with E-state index in [1.807, 2.05) is 0 Å². The molecule has 66 valence electrons. The van der Waals surface area contributed by atoms with Gasteiger partial charge in [-0.25, -0.2) is 4.79 Å². The quantitative estimate of drug-likeness (QED) is 0.816. The second kappa shape index (κ2) is 4.10. The lowest BCUT2D eigenvalue weighted by Crippen LogP contribution is -2.25. The topological polar surface area (TPSA) is 67.2 Å². The van der Waals surface area contributed by atoms with Crippen LogP contribution in [0.25, 0.3) is 0 Å². The Morgan fingerprint density at radius 3 is 3.08 bits per heavy atom. The Bertz CT molecular complexity index is 274. The predicted molar refractivity (Wildman–Crippen MR) is 46.0 cm³/mol. The van der Waals surface area contributed by atoms with Crippen LogP contribution in [0.1, 0.15) is 0 Å². The fourth-order valence-electron chi connectivity index (χ4n) is 0.738. The van der Waals surface area contributed by atoms with Gasteiger partial charge in [-0.15, -0.1) is 0 Å². The molecule has 5 nitrogen and oxygen atoms in total. The molecule has 1 aromatic rings. The van der Waals surface area contributed by atoms with E-state index in [1.165, 1.54) is 0 Å². The van der Waals surface area contributed by atoms with Gasteiger partial charge in [-0.05, 0) is 15.9 Å². The summed E-state index contributed by atoms with van der Waals surface area (Å²) in [5.74, 6) is 0. The van der Waals surface area contributed by atoms with Crippen LogP contribution in [0.5, 0.6) is 0 Å². The molecule has 0 aliphatic heterocycles. The summed E-state index contributed by atoms with van der Waals surface area (Å²) in [6.45, 7) is 0.904. The van der Waals surface area contributed by atoms with E-state index in [9.17, 15) is 4.79 Å². The van der Waals surface area contributed by atoms with E-state index in [-0.39, 0.29) is 0 Å². The molecule has 1 rings (SSSR count). The highest BCUT2D eigenvalue weighted by Crippen LogP contribution is 2.05. The minimum atomic E-state index is -1.01. The van der Waals surface area contributed by atoms with Crippen molar-refractivity contribution in [3.63, 3.8) is 0 Å². The van der Waals surface area contributed by atoms with Gasteiger partial charge in [0.05, 0.1) is 17.2 Å². The number of amides is 1. The summed E-state index contributed by atoms with van der Waals surface area (Å²) in [5, 5.41) is 14.4. The van der Waals surface area contributed by atoms with E-state index in [1.54, 1.807) is 17.1 Å². The SMILES string of the molecule is O=C(O)NCCn1cc(Br)cn1. The van der Waals surface area contributed by atoms with Crippen molar-refractivity contribution < 1.29 is 9.90 Å². The molecule has 2 N–H and O–H groups in total. The van der Waals surface area contributed by atoms with Crippen molar-refractivity contribution in [2.24, 2.45) is 0 Å². The fourth-order valence-corrected chi connectivity index (χ4v) is 1.07. The fraction of sp³-hybridized carbons (Fsp3) is 0.333. The van der Waals surface area contributed by atoms with Crippen molar-refractivity contribution in [1.29, 1.82) is 0 Å². The lowest BCUT2D eigenvalue weighted by atomic mass is 10.6. The molecule has 0 fully saturated rings. The van der Waals surface area contributed by atoms with Crippen LogP contribution in [0.2, 0.25) is 0 Å². The van der Waals surface area contributed by atoms with Gasteiger partial charge in [-0.2, -0.15) is 5.10 Å². The van der Waals surface area contributed by atoms with E-state index in [2.05, 4.69) is 26.3 Å². The Balaban J connectivity index is 2.29. The Labute approximate surface area is 77.5 Å². The second-order valence-corrected chi connectivity index (χ2v) is 3.07. The number of nitrogens with one attached hydrogen (secondary N) is 1. The predicted octanol–water partition coefficient (Wildman–Crippen LogP) is 0.913. The van der Waals surface area contributed by atoms with Crippen LogP contribution in [0, 0.1) is 0 Å². The van der Waals surface area contributed by atoms with Gasteiger partial charge in [0.15, 0.2) is 0 Å². The maximum atomic E-state index is 10.0. The third-order valence-electron chi connectivity index (χ3n) is 1.22. The molecule has 0 atom stereocenters. The maximum absolute atomic E-state index is 10.0. The third kappa shape index (κ3) is 2.91. The van der Waals surface area contributed by atoms with Crippen molar-refractivity contribution in [2.45, 2.75) is 6.54 Å². The summed E-state index contributed by atoms with van der Waals surface area (Å²) in [7, 11) is 0. The van der Waals surface area contributed by atoms with Crippen molar-refractivity contribution >= 4 is 22.0 Å². The van der Waals surface area contributed by atoms with Crippen LogP contribution >= 0.6 is 15.9 Å². The molecule has 0 aromatic carbocycles. The van der Waals surface area contributed by atoms with Crippen molar-refractivity contribution in [1.82, 2.24) is 15.1 Å². The summed E-state index contributed by atoms with van der Waals surface area (Å²) in [4.78, 5) is 10.0. The van der Waals surface area contributed by atoms with E-state index in [0.29, 0.717) is 13.1 Å². The molecule has 1 aromatic heterocycles. The van der Waals surface area contributed by atoms with Gasteiger partial charge in [-0.3, -0.25) is 4.68 Å². The Morgan fingerprint density at radius 2 is 2.58 bits per heavy atom. The van der Waals surface area contributed by atoms with Gasteiger partial charge in [0, 0.05) is 12.7 Å². The molecule has 0 aliphatic carbocycles. The number of hydrogen-bond donors (Lipinski definition) is 2. The maximum Gasteiger partial charge on any atom is 0.404 e. The van der Waals surface area contributed by atoms with E-state index < -0.39 is 6.09 Å². The molecular formula is C6H8BrN3O2. The van der Waals surface area contributed by atoms with Crippen molar-refractivity contribution in [2.75, 3.05) is 6.54 Å². The minimum absolute atomic E-state index is 0.365. The number of aromatic nitrogens is 2. The zero-order chi connectivity index (χ0) is 8.97. The van der Waals surface area contributed by atoms with Gasteiger partial charge in [0.2, 0.25) is 0 Å². The van der Waals surface area contributed by atoms with Crippen LogP contribution in [0.3, 0.4) is 0 Å². The van der Waals surface area contributed by atoms with Crippen LogP contribution in [-0.2, 0) is 6.54 Å². The highest BCUT2D eigenvalue weighted by molar-refractivity contribution is 9.10. The summed E-state index contributed by atoms with van der Waals surface area (Å²) >= 11 is 3.23. The molecule has 6 heteroatoms. The molecule has 0 saturated carbocycles. The number of carboxylic acid groups (broad SMARTS) is 1. The average Bonchev–Trinajstić information content (AvgIpc) is 2.35. The Kier molecular flexibility index (Phi) is 3.09. The van der Waals surface area contributed by atoms with Crippen LogP contribution in [0.15, 0.2) is 16.9 Å². The number of hydrogen-bond acceptors (Lipinski definition) is 2. The van der Waals surface area contributed by atoms with Crippen LogP contribution < -0.4 is 5.32 Å². The normalized spacial score (nSPS) is 9.75. The largest absolute Gasteiger partial charge is 0.465 e. The Morgan fingerprint density at radius 1 is 1.83 bits per heavy atom. The molecule has 0 spiro atoms. The molecular weight excluding hydrogens is 226 g/mol. The van der Waals surface area contributed by atoms with E-state index in [4.69, 9.17) is 5.11 Å². The smallest absolute Gasteiger partial charge is 0.404 e. The Hall–Kier alpha value is -1.04. The number of rotatable bonds is 3. The van der Waals surface area contributed by atoms with Crippen LogP contribution in [-0.4, -0.2) is 27.5 Å². The first kappa shape index (κ1) is 9.05. The van der Waals surface area contributed by atoms with Crippen molar-refractivity contribution in [3.8, 4) is 0 Å². The lowest BCUT2D eigenvalue weighted by molar-refractivity contribution is 0.194. The average molecular weight is 234 g/mol. The number of nitrogens with zero attached hydrogens (tertiary/aromatic N) is 2. The molecule has 0 bridgehead atoms. The first-order valence-electron chi connectivity index (χ1n) is 3.33. The first-order valence-corrected chi connectivity index (χ1v) is 4.12. The standard InChI is InChI=1S/C6H8BrN3O2/c7-5-3-9-10(4-5)2-1-8-6(11)12/h3-4,8H,1-2H2,(H,11,12). The highest BCUT2D eigenvalue weighted by atomic mass is 79.9. The number of halogens is 1. The molecule has 0 saturated heterocycles. The molecule has 12 heavy (non-hydrogen) atoms. The van der Waals surface area contributed by atoms with Gasteiger partial charge in [-0.1, -0.05) is 0 Å². The van der Waals surface area contributed by atoms with E-state index >= 15 is 0 Å². The van der Waals surface area contributed by atoms with Gasteiger partial charge in [0.25, 0.3) is 0 Å². The zero-order valence-electron chi connectivity index (χ0n) is 6.20. The van der Waals surface area contributed by atoms with Crippen molar-refractivity contribution in [3.05, 3.63) is 16.9 Å². The number of carbonyl (C=O) groups is 1. The minimum Gasteiger partial charge on any atom is -0.465 e.